The van der Waals surface area contributed by atoms with E-state index in [9.17, 15) is 18.7 Å². The molecule has 2 aliphatic rings. The summed E-state index contributed by atoms with van der Waals surface area (Å²) in [6, 6.07) is 8.30. The van der Waals surface area contributed by atoms with Gasteiger partial charge in [0.25, 0.3) is 0 Å². The quantitative estimate of drug-likeness (QED) is 0.809. The Morgan fingerprint density at radius 1 is 1.33 bits per heavy atom. The smallest absolute Gasteiger partial charge is 0.343 e. The Morgan fingerprint density at radius 2 is 2.08 bits per heavy atom. The van der Waals surface area contributed by atoms with Crippen molar-refractivity contribution >= 4 is 5.97 Å². The number of carbonyl (C=O) groups excluding carboxylic acids is 1. The predicted molar refractivity (Wildman–Crippen MR) is 84.6 cm³/mol. The molecule has 132 valence electrons. The summed E-state index contributed by atoms with van der Waals surface area (Å²) >= 11 is 0. The first-order valence-corrected chi connectivity index (χ1v) is 8.45. The van der Waals surface area contributed by atoms with Gasteiger partial charge >= 0.3 is 5.97 Å². The van der Waals surface area contributed by atoms with Gasteiger partial charge in [0.2, 0.25) is 5.92 Å². The van der Waals surface area contributed by atoms with Crippen molar-refractivity contribution in [2.75, 3.05) is 19.7 Å². The molecule has 24 heavy (non-hydrogen) atoms. The molecule has 3 atom stereocenters. The second-order valence-electron chi connectivity index (χ2n) is 6.89. The van der Waals surface area contributed by atoms with Crippen molar-refractivity contribution in [2.45, 2.75) is 37.2 Å². The topological polar surface area (TPSA) is 58.6 Å². The van der Waals surface area contributed by atoms with E-state index < -0.39 is 29.8 Å². The highest BCUT2D eigenvalue weighted by Crippen LogP contribution is 2.47. The van der Waals surface area contributed by atoms with Gasteiger partial charge in [0.1, 0.15) is 0 Å². The van der Waals surface area contributed by atoms with Crippen LogP contribution in [0, 0.1) is 11.8 Å². The van der Waals surface area contributed by atoms with E-state index in [1.54, 1.807) is 30.3 Å². The highest BCUT2D eigenvalue weighted by molar-refractivity contribution is 5.81. The first-order chi connectivity index (χ1) is 11.4. The summed E-state index contributed by atoms with van der Waals surface area (Å²) in [7, 11) is 0. The lowest BCUT2D eigenvalue weighted by Crippen LogP contribution is -2.44. The molecule has 3 rings (SSSR count). The molecule has 4 nitrogen and oxygen atoms in total. The molecule has 2 N–H and O–H groups in total. The molecular formula is C18H23F2NO3. The Balaban J connectivity index is 1.80. The molecule has 1 aliphatic heterocycles. The fraction of sp³-hybridized carbons (Fsp3) is 0.611. The molecule has 1 saturated heterocycles. The lowest BCUT2D eigenvalue weighted by Gasteiger charge is -2.32. The minimum Gasteiger partial charge on any atom is -0.463 e. The third-order valence-electron chi connectivity index (χ3n) is 5.13. The third kappa shape index (κ3) is 3.44. The normalized spacial score (nSPS) is 28.5. The van der Waals surface area contributed by atoms with Crippen molar-refractivity contribution in [3.63, 3.8) is 0 Å². The summed E-state index contributed by atoms with van der Waals surface area (Å²) in [6.07, 6.45) is 0.183. The van der Waals surface area contributed by atoms with Crippen molar-refractivity contribution in [1.29, 1.82) is 0 Å². The van der Waals surface area contributed by atoms with E-state index in [1.807, 2.05) is 0 Å². The Kier molecular flexibility index (Phi) is 4.88. The molecule has 1 heterocycles. The summed E-state index contributed by atoms with van der Waals surface area (Å²) in [6.45, 7) is 1.84. The van der Waals surface area contributed by atoms with Crippen LogP contribution in [0.2, 0.25) is 0 Å². The number of rotatable bonds is 5. The van der Waals surface area contributed by atoms with Crippen LogP contribution < -0.4 is 5.32 Å². The third-order valence-corrected chi connectivity index (χ3v) is 5.13. The summed E-state index contributed by atoms with van der Waals surface area (Å²) < 4.78 is 32.7. The van der Waals surface area contributed by atoms with Gasteiger partial charge in [-0.15, -0.1) is 0 Å². The fourth-order valence-corrected chi connectivity index (χ4v) is 3.68. The molecule has 0 radical (unpaired) electrons. The Labute approximate surface area is 140 Å². The summed E-state index contributed by atoms with van der Waals surface area (Å²) in [5.74, 6) is -4.30. The zero-order valence-electron chi connectivity index (χ0n) is 13.5. The second-order valence-corrected chi connectivity index (χ2v) is 6.89. The van der Waals surface area contributed by atoms with Gasteiger partial charge in [-0.3, -0.25) is 0 Å². The van der Waals surface area contributed by atoms with E-state index in [2.05, 4.69) is 5.32 Å². The van der Waals surface area contributed by atoms with E-state index in [4.69, 9.17) is 4.74 Å². The van der Waals surface area contributed by atoms with Gasteiger partial charge < -0.3 is 15.2 Å². The Bertz CT molecular complexity index is 575. The molecule has 0 bridgehead atoms. The largest absolute Gasteiger partial charge is 0.463 e. The van der Waals surface area contributed by atoms with Crippen LogP contribution in [0.25, 0.3) is 0 Å². The lowest BCUT2D eigenvalue weighted by molar-refractivity contribution is -0.176. The number of ether oxygens (including phenoxy) is 1. The van der Waals surface area contributed by atoms with Crippen molar-refractivity contribution < 1.29 is 23.4 Å². The highest BCUT2D eigenvalue weighted by Gasteiger charge is 2.54. The zero-order chi connectivity index (χ0) is 17.2. The molecule has 0 spiro atoms. The highest BCUT2D eigenvalue weighted by atomic mass is 19.3. The molecule has 1 aromatic rings. The van der Waals surface area contributed by atoms with Gasteiger partial charge in [-0.25, -0.2) is 13.6 Å². The maximum Gasteiger partial charge on any atom is 0.343 e. The first-order valence-electron chi connectivity index (χ1n) is 8.45. The standard InChI is InChI=1S/C18H23F2NO3/c19-17(20)8-6-15(10-17)18(23,14-4-2-1-3-5-14)16(22)24-12-13-7-9-21-11-13/h1-5,13,15,21,23H,6-12H2/t13?,15-,18+/m1/s1. The number of hydrogen-bond donors (Lipinski definition) is 2. The van der Waals surface area contributed by atoms with Crippen LogP contribution in [0.1, 0.15) is 31.2 Å². The van der Waals surface area contributed by atoms with Crippen LogP contribution in [0.4, 0.5) is 8.78 Å². The molecule has 1 aliphatic carbocycles. The number of carbonyl (C=O) groups is 1. The SMILES string of the molecule is O=C(OCC1CCNC1)[C@](O)(c1ccccc1)[C@@H]1CCC(F)(F)C1. The van der Waals surface area contributed by atoms with Crippen LogP contribution in [0.3, 0.4) is 0 Å². The second kappa shape index (κ2) is 6.76. The van der Waals surface area contributed by atoms with Crippen LogP contribution in [0.5, 0.6) is 0 Å². The summed E-state index contributed by atoms with van der Waals surface area (Å²) in [5.41, 5.74) is -1.70. The lowest BCUT2D eigenvalue weighted by atomic mass is 9.80. The van der Waals surface area contributed by atoms with Crippen molar-refractivity contribution in [2.24, 2.45) is 11.8 Å². The molecule has 1 aromatic carbocycles. The van der Waals surface area contributed by atoms with Crippen LogP contribution in [0.15, 0.2) is 30.3 Å². The van der Waals surface area contributed by atoms with Gasteiger partial charge in [-0.1, -0.05) is 30.3 Å². The van der Waals surface area contributed by atoms with Gasteiger partial charge in [-0.2, -0.15) is 0 Å². The minimum absolute atomic E-state index is 0.0957. The molecule has 0 amide bonds. The van der Waals surface area contributed by atoms with Gasteiger partial charge in [0.05, 0.1) is 6.61 Å². The molecular weight excluding hydrogens is 316 g/mol. The molecule has 1 unspecified atom stereocenters. The Morgan fingerprint density at radius 3 is 2.67 bits per heavy atom. The monoisotopic (exact) mass is 339 g/mol. The predicted octanol–water partition coefficient (Wildman–Crippen LogP) is 2.46. The minimum atomic E-state index is -2.84. The molecule has 6 heteroatoms. The summed E-state index contributed by atoms with van der Waals surface area (Å²) in [4.78, 5) is 12.7. The van der Waals surface area contributed by atoms with Crippen LogP contribution in [-0.2, 0) is 15.1 Å². The van der Waals surface area contributed by atoms with Gasteiger partial charge in [0, 0.05) is 31.2 Å². The maximum absolute atomic E-state index is 13.7. The average Bonchev–Trinajstić information content (AvgIpc) is 3.22. The number of alkyl halides is 2. The van der Waals surface area contributed by atoms with E-state index in [0.29, 0.717) is 5.56 Å². The van der Waals surface area contributed by atoms with E-state index >= 15 is 0 Å². The first kappa shape index (κ1) is 17.3. The van der Waals surface area contributed by atoms with Crippen molar-refractivity contribution in [3.8, 4) is 0 Å². The van der Waals surface area contributed by atoms with Crippen LogP contribution in [-0.4, -0.2) is 36.7 Å². The van der Waals surface area contributed by atoms with E-state index in [-0.39, 0.29) is 25.4 Å². The average molecular weight is 339 g/mol. The summed E-state index contributed by atoms with van der Waals surface area (Å²) in [5, 5.41) is 14.3. The van der Waals surface area contributed by atoms with Gasteiger partial charge in [-0.05, 0) is 24.9 Å². The Hall–Kier alpha value is -1.53. The maximum atomic E-state index is 13.7. The van der Waals surface area contributed by atoms with Crippen molar-refractivity contribution in [1.82, 2.24) is 5.32 Å². The number of hydrogen-bond acceptors (Lipinski definition) is 4. The molecule has 2 fully saturated rings. The number of halogens is 2. The van der Waals surface area contributed by atoms with Gasteiger partial charge in [0.15, 0.2) is 5.60 Å². The van der Waals surface area contributed by atoms with E-state index in [1.165, 1.54) is 0 Å². The number of benzene rings is 1. The van der Waals surface area contributed by atoms with Crippen molar-refractivity contribution in [3.05, 3.63) is 35.9 Å². The number of nitrogens with one attached hydrogen (secondary N) is 1. The number of esters is 1. The van der Waals surface area contributed by atoms with E-state index in [0.717, 1.165) is 19.5 Å². The molecule has 0 aromatic heterocycles. The van der Waals surface area contributed by atoms with Crippen LogP contribution >= 0.6 is 0 Å². The number of aliphatic hydroxyl groups is 1. The fourth-order valence-electron chi connectivity index (χ4n) is 3.68. The molecule has 1 saturated carbocycles. The zero-order valence-corrected chi connectivity index (χ0v) is 13.5.